The molecule has 2 rings (SSSR count). The number of esters is 1. The first-order valence-corrected chi connectivity index (χ1v) is 5.72. The number of carbonyl (C=O) groups excluding carboxylic acids is 1. The van der Waals surface area contributed by atoms with Crippen molar-refractivity contribution in [3.8, 4) is 5.69 Å². The highest BCUT2D eigenvalue weighted by molar-refractivity contribution is 5.87. The number of aryl methyl sites for hydroxylation is 1. The maximum absolute atomic E-state index is 13.7. The highest BCUT2D eigenvalue weighted by Crippen LogP contribution is 2.17. The van der Waals surface area contributed by atoms with Crippen LogP contribution in [-0.4, -0.2) is 22.4 Å². The van der Waals surface area contributed by atoms with Gasteiger partial charge in [-0.15, -0.1) is 0 Å². The average Bonchev–Trinajstić information content (AvgIpc) is 2.72. The minimum atomic E-state index is -0.749. The zero-order valence-corrected chi connectivity index (χ0v) is 10.5. The van der Waals surface area contributed by atoms with Crippen molar-refractivity contribution in [2.45, 2.75) is 13.8 Å². The summed E-state index contributed by atoms with van der Waals surface area (Å²) in [4.78, 5) is 11.5. The molecule has 0 saturated carbocycles. The van der Waals surface area contributed by atoms with Gasteiger partial charge in [0.1, 0.15) is 11.5 Å². The van der Waals surface area contributed by atoms with E-state index in [4.69, 9.17) is 4.74 Å². The second-order valence-electron chi connectivity index (χ2n) is 3.90. The third kappa shape index (κ3) is 2.62. The Bertz CT molecular complexity index is 623. The molecule has 2 aromatic rings. The van der Waals surface area contributed by atoms with E-state index in [-0.39, 0.29) is 18.0 Å². The molecule has 0 amide bonds. The quantitative estimate of drug-likeness (QED) is 0.802. The second kappa shape index (κ2) is 5.17. The first kappa shape index (κ1) is 13.2. The minimum Gasteiger partial charge on any atom is -0.461 e. The Kier molecular flexibility index (Phi) is 3.59. The SMILES string of the molecule is CCOC(=O)c1cc(C)n(-c2ccc(F)cc2F)n1. The molecule has 0 spiro atoms. The maximum Gasteiger partial charge on any atom is 0.358 e. The number of ether oxygens (including phenoxy) is 1. The zero-order chi connectivity index (χ0) is 14.0. The number of benzene rings is 1. The van der Waals surface area contributed by atoms with Crippen molar-refractivity contribution >= 4 is 5.97 Å². The van der Waals surface area contributed by atoms with E-state index >= 15 is 0 Å². The van der Waals surface area contributed by atoms with Gasteiger partial charge in [0.2, 0.25) is 0 Å². The molecule has 100 valence electrons. The molecule has 4 nitrogen and oxygen atoms in total. The zero-order valence-electron chi connectivity index (χ0n) is 10.5. The second-order valence-corrected chi connectivity index (χ2v) is 3.90. The van der Waals surface area contributed by atoms with Crippen LogP contribution in [0.5, 0.6) is 0 Å². The number of hydrogen-bond donors (Lipinski definition) is 0. The predicted molar refractivity (Wildman–Crippen MR) is 64.2 cm³/mol. The van der Waals surface area contributed by atoms with Gasteiger partial charge in [-0.3, -0.25) is 0 Å². The summed E-state index contributed by atoms with van der Waals surface area (Å²) in [6.45, 7) is 3.58. The number of carbonyl (C=O) groups is 1. The summed E-state index contributed by atoms with van der Waals surface area (Å²) in [6, 6.07) is 4.64. The topological polar surface area (TPSA) is 44.1 Å². The van der Waals surface area contributed by atoms with Crippen molar-refractivity contribution in [2.24, 2.45) is 0 Å². The van der Waals surface area contributed by atoms with Gasteiger partial charge in [0.15, 0.2) is 11.5 Å². The van der Waals surface area contributed by atoms with Crippen molar-refractivity contribution < 1.29 is 18.3 Å². The van der Waals surface area contributed by atoms with Crippen LogP contribution >= 0.6 is 0 Å². The van der Waals surface area contributed by atoms with Crippen LogP contribution in [0.2, 0.25) is 0 Å². The molecule has 0 radical (unpaired) electrons. The molecule has 0 saturated heterocycles. The summed E-state index contributed by atoms with van der Waals surface area (Å²) in [5.41, 5.74) is 0.714. The minimum absolute atomic E-state index is 0.0782. The number of aromatic nitrogens is 2. The van der Waals surface area contributed by atoms with Crippen molar-refractivity contribution in [3.63, 3.8) is 0 Å². The largest absolute Gasteiger partial charge is 0.461 e. The van der Waals surface area contributed by atoms with Crippen LogP contribution in [0.15, 0.2) is 24.3 Å². The predicted octanol–water partition coefficient (Wildman–Crippen LogP) is 2.64. The van der Waals surface area contributed by atoms with Crippen LogP contribution in [0, 0.1) is 18.6 Å². The normalized spacial score (nSPS) is 10.5. The van der Waals surface area contributed by atoms with Gasteiger partial charge in [-0.1, -0.05) is 0 Å². The molecule has 0 atom stereocenters. The first-order chi connectivity index (χ1) is 9.02. The number of hydrogen-bond acceptors (Lipinski definition) is 3. The molecular formula is C13H12F2N2O2. The van der Waals surface area contributed by atoms with E-state index in [0.29, 0.717) is 5.69 Å². The molecular weight excluding hydrogens is 254 g/mol. The van der Waals surface area contributed by atoms with Crippen LogP contribution in [0.1, 0.15) is 23.1 Å². The molecule has 19 heavy (non-hydrogen) atoms. The summed E-state index contributed by atoms with van der Waals surface area (Å²) in [7, 11) is 0. The van der Waals surface area contributed by atoms with E-state index in [1.54, 1.807) is 13.8 Å². The summed E-state index contributed by atoms with van der Waals surface area (Å²) in [5.74, 6) is -2.00. The van der Waals surface area contributed by atoms with Gasteiger partial charge in [0, 0.05) is 11.8 Å². The monoisotopic (exact) mass is 266 g/mol. The lowest BCUT2D eigenvalue weighted by Gasteiger charge is -2.05. The van der Waals surface area contributed by atoms with Crippen molar-refractivity contribution in [1.82, 2.24) is 9.78 Å². The van der Waals surface area contributed by atoms with E-state index < -0.39 is 17.6 Å². The summed E-state index contributed by atoms with van der Waals surface area (Å²) < 4.78 is 32.6. The lowest BCUT2D eigenvalue weighted by atomic mass is 10.3. The van der Waals surface area contributed by atoms with Gasteiger partial charge in [-0.05, 0) is 32.0 Å². The molecule has 0 aliphatic heterocycles. The third-order valence-corrected chi connectivity index (χ3v) is 2.51. The average molecular weight is 266 g/mol. The first-order valence-electron chi connectivity index (χ1n) is 5.72. The van der Waals surface area contributed by atoms with Gasteiger partial charge in [-0.25, -0.2) is 18.3 Å². The lowest BCUT2D eigenvalue weighted by Crippen LogP contribution is -2.07. The van der Waals surface area contributed by atoms with Crippen LogP contribution in [0.3, 0.4) is 0 Å². The van der Waals surface area contributed by atoms with Crippen LogP contribution in [-0.2, 0) is 4.74 Å². The molecule has 0 unspecified atom stereocenters. The Morgan fingerprint density at radius 3 is 2.74 bits per heavy atom. The van der Waals surface area contributed by atoms with E-state index in [1.807, 2.05) is 0 Å². The van der Waals surface area contributed by atoms with E-state index in [2.05, 4.69) is 5.10 Å². The fraction of sp³-hybridized carbons (Fsp3) is 0.231. The molecule has 0 aliphatic carbocycles. The number of halogens is 2. The van der Waals surface area contributed by atoms with Gasteiger partial charge < -0.3 is 4.74 Å². The molecule has 0 N–H and O–H groups in total. The molecule has 1 heterocycles. The number of nitrogens with zero attached hydrogens (tertiary/aromatic N) is 2. The molecule has 0 aliphatic rings. The standard InChI is InChI=1S/C13H12F2N2O2/c1-3-19-13(18)11-6-8(2)17(16-11)12-5-4-9(14)7-10(12)15/h4-7H,3H2,1-2H3. The fourth-order valence-electron chi connectivity index (χ4n) is 1.68. The van der Waals surface area contributed by atoms with Gasteiger partial charge in [-0.2, -0.15) is 5.10 Å². The van der Waals surface area contributed by atoms with Crippen molar-refractivity contribution in [3.05, 3.63) is 47.3 Å². The molecule has 1 aromatic carbocycles. The van der Waals surface area contributed by atoms with E-state index in [9.17, 15) is 13.6 Å². The fourth-order valence-corrected chi connectivity index (χ4v) is 1.68. The summed E-state index contributed by atoms with van der Waals surface area (Å²) in [5, 5.41) is 3.97. The summed E-state index contributed by atoms with van der Waals surface area (Å²) >= 11 is 0. The molecule has 0 bridgehead atoms. The Hall–Kier alpha value is -2.24. The lowest BCUT2D eigenvalue weighted by molar-refractivity contribution is 0.0519. The van der Waals surface area contributed by atoms with E-state index in [1.165, 1.54) is 16.8 Å². The Morgan fingerprint density at radius 2 is 2.11 bits per heavy atom. The summed E-state index contributed by atoms with van der Waals surface area (Å²) in [6.07, 6.45) is 0. The van der Waals surface area contributed by atoms with E-state index in [0.717, 1.165) is 12.1 Å². The molecule has 6 heteroatoms. The maximum atomic E-state index is 13.7. The van der Waals surface area contributed by atoms with Crippen molar-refractivity contribution in [1.29, 1.82) is 0 Å². The van der Waals surface area contributed by atoms with Gasteiger partial charge in [0.25, 0.3) is 0 Å². The van der Waals surface area contributed by atoms with Crippen LogP contribution < -0.4 is 0 Å². The van der Waals surface area contributed by atoms with Crippen LogP contribution in [0.4, 0.5) is 8.78 Å². The molecule has 1 aromatic heterocycles. The number of rotatable bonds is 3. The Balaban J connectivity index is 2.43. The van der Waals surface area contributed by atoms with Gasteiger partial charge >= 0.3 is 5.97 Å². The Labute approximate surface area is 108 Å². The highest BCUT2D eigenvalue weighted by Gasteiger charge is 2.16. The van der Waals surface area contributed by atoms with Crippen molar-refractivity contribution in [2.75, 3.05) is 6.61 Å². The Morgan fingerprint density at radius 1 is 1.37 bits per heavy atom. The highest BCUT2D eigenvalue weighted by atomic mass is 19.1. The van der Waals surface area contributed by atoms with Crippen LogP contribution in [0.25, 0.3) is 5.69 Å². The third-order valence-electron chi connectivity index (χ3n) is 2.51. The smallest absolute Gasteiger partial charge is 0.358 e. The molecule has 0 fully saturated rings. The van der Waals surface area contributed by atoms with Gasteiger partial charge in [0.05, 0.1) is 6.61 Å².